The second-order valence-electron chi connectivity index (χ2n) is 6.35. The summed E-state index contributed by atoms with van der Waals surface area (Å²) in [7, 11) is 0. The minimum absolute atomic E-state index is 0.571. The highest BCUT2D eigenvalue weighted by Crippen LogP contribution is 2.44. The van der Waals surface area contributed by atoms with Crippen molar-refractivity contribution in [2.75, 3.05) is 6.54 Å². The van der Waals surface area contributed by atoms with Gasteiger partial charge in [0, 0.05) is 15.8 Å². The van der Waals surface area contributed by atoms with Gasteiger partial charge in [0.05, 0.1) is 0 Å². The number of hydrogen-bond acceptors (Lipinski definition) is 2. The van der Waals surface area contributed by atoms with Gasteiger partial charge in [-0.3, -0.25) is 0 Å². The predicted octanol–water partition coefficient (Wildman–Crippen LogP) is 5.60. The molecule has 3 rings (SSSR count). The normalized spacial score (nSPS) is 16.4. The molecule has 1 N–H and O–H groups in total. The van der Waals surface area contributed by atoms with Crippen LogP contribution in [0.25, 0.3) is 10.4 Å². The standard InChI is InChI=1S/C19H25NS/c1-4-20-19(14-8-9-14)18-11-10-17(21-18)16-7-5-6-15(12-16)13(2)3/h5-7,10-14,19-20H,4,8-9H2,1-3H3. The molecule has 0 radical (unpaired) electrons. The van der Waals surface area contributed by atoms with E-state index in [9.17, 15) is 0 Å². The molecule has 2 aromatic rings. The third kappa shape index (κ3) is 3.38. The fourth-order valence-corrected chi connectivity index (χ4v) is 4.05. The maximum absolute atomic E-state index is 3.67. The lowest BCUT2D eigenvalue weighted by Gasteiger charge is -2.15. The van der Waals surface area contributed by atoms with Gasteiger partial charge in [-0.1, -0.05) is 45.0 Å². The largest absolute Gasteiger partial charge is 0.309 e. The van der Waals surface area contributed by atoms with Crippen molar-refractivity contribution in [3.63, 3.8) is 0 Å². The number of hydrogen-bond donors (Lipinski definition) is 1. The first-order valence-electron chi connectivity index (χ1n) is 8.12. The first kappa shape index (κ1) is 14.8. The Labute approximate surface area is 132 Å². The number of thiophene rings is 1. The molecule has 0 bridgehead atoms. The van der Waals surface area contributed by atoms with Crippen LogP contribution in [0.3, 0.4) is 0 Å². The molecule has 1 heterocycles. The van der Waals surface area contributed by atoms with Gasteiger partial charge >= 0.3 is 0 Å². The van der Waals surface area contributed by atoms with Crippen LogP contribution in [0.5, 0.6) is 0 Å². The molecule has 21 heavy (non-hydrogen) atoms. The Kier molecular flexibility index (Phi) is 4.46. The molecule has 1 unspecified atom stereocenters. The second kappa shape index (κ2) is 6.33. The first-order valence-corrected chi connectivity index (χ1v) is 8.94. The molecule has 1 atom stereocenters. The molecule has 0 spiro atoms. The van der Waals surface area contributed by atoms with E-state index in [0.29, 0.717) is 12.0 Å². The van der Waals surface area contributed by atoms with Crippen molar-refractivity contribution in [3.05, 3.63) is 46.8 Å². The average molecular weight is 299 g/mol. The molecule has 0 amide bonds. The van der Waals surface area contributed by atoms with Crippen LogP contribution in [0.15, 0.2) is 36.4 Å². The molecular formula is C19H25NS. The van der Waals surface area contributed by atoms with Crippen LogP contribution in [-0.2, 0) is 0 Å². The Morgan fingerprint density at radius 2 is 2.00 bits per heavy atom. The van der Waals surface area contributed by atoms with Gasteiger partial charge < -0.3 is 5.32 Å². The highest BCUT2D eigenvalue weighted by molar-refractivity contribution is 7.15. The minimum atomic E-state index is 0.571. The monoisotopic (exact) mass is 299 g/mol. The topological polar surface area (TPSA) is 12.0 Å². The van der Waals surface area contributed by atoms with Crippen LogP contribution < -0.4 is 5.32 Å². The summed E-state index contributed by atoms with van der Waals surface area (Å²) >= 11 is 1.96. The number of rotatable bonds is 6. The predicted molar refractivity (Wildman–Crippen MR) is 93.0 cm³/mol. The van der Waals surface area contributed by atoms with E-state index in [2.05, 4.69) is 62.5 Å². The van der Waals surface area contributed by atoms with Crippen molar-refractivity contribution in [1.82, 2.24) is 5.32 Å². The van der Waals surface area contributed by atoms with Crippen molar-refractivity contribution in [1.29, 1.82) is 0 Å². The summed E-state index contributed by atoms with van der Waals surface area (Å²) < 4.78 is 0. The molecular weight excluding hydrogens is 274 g/mol. The number of nitrogens with one attached hydrogen (secondary N) is 1. The van der Waals surface area contributed by atoms with E-state index in [-0.39, 0.29) is 0 Å². The first-order chi connectivity index (χ1) is 10.2. The fraction of sp³-hybridized carbons (Fsp3) is 0.474. The van der Waals surface area contributed by atoms with Gasteiger partial charge in [0.2, 0.25) is 0 Å². The molecule has 1 aliphatic rings. The lowest BCUT2D eigenvalue weighted by Crippen LogP contribution is -2.21. The SMILES string of the molecule is CCNC(c1ccc(-c2cccc(C(C)C)c2)s1)C1CC1. The van der Waals surface area contributed by atoms with E-state index in [1.165, 1.54) is 33.7 Å². The Bertz CT molecular complexity index is 595. The minimum Gasteiger partial charge on any atom is -0.309 e. The van der Waals surface area contributed by atoms with Crippen LogP contribution in [-0.4, -0.2) is 6.54 Å². The van der Waals surface area contributed by atoms with Crippen LogP contribution in [0.1, 0.15) is 56.0 Å². The Morgan fingerprint density at radius 3 is 2.67 bits per heavy atom. The van der Waals surface area contributed by atoms with Crippen molar-refractivity contribution in [2.24, 2.45) is 5.92 Å². The summed E-state index contributed by atoms with van der Waals surface area (Å²) in [6.45, 7) is 7.77. The summed E-state index contributed by atoms with van der Waals surface area (Å²) in [6, 6.07) is 14.2. The van der Waals surface area contributed by atoms with Gasteiger partial charge in [0.25, 0.3) is 0 Å². The van der Waals surface area contributed by atoms with Gasteiger partial charge in [0.15, 0.2) is 0 Å². The maximum atomic E-state index is 3.67. The van der Waals surface area contributed by atoms with E-state index in [0.717, 1.165) is 12.5 Å². The molecule has 1 fully saturated rings. The van der Waals surface area contributed by atoms with E-state index >= 15 is 0 Å². The zero-order chi connectivity index (χ0) is 14.8. The smallest absolute Gasteiger partial charge is 0.0443 e. The third-order valence-electron chi connectivity index (χ3n) is 4.29. The lowest BCUT2D eigenvalue weighted by atomic mass is 10.0. The Hall–Kier alpha value is -1.12. The van der Waals surface area contributed by atoms with E-state index < -0.39 is 0 Å². The van der Waals surface area contributed by atoms with Crippen molar-refractivity contribution in [2.45, 2.75) is 45.6 Å². The van der Waals surface area contributed by atoms with E-state index in [1.54, 1.807) is 0 Å². The molecule has 1 aliphatic carbocycles. The molecule has 0 aliphatic heterocycles. The Morgan fingerprint density at radius 1 is 1.19 bits per heavy atom. The summed E-state index contributed by atoms with van der Waals surface area (Å²) in [5.41, 5.74) is 2.79. The molecule has 1 aromatic carbocycles. The van der Waals surface area contributed by atoms with Crippen molar-refractivity contribution < 1.29 is 0 Å². The van der Waals surface area contributed by atoms with Gasteiger partial charge in [0.1, 0.15) is 0 Å². The van der Waals surface area contributed by atoms with Gasteiger partial charge in [-0.05, 0) is 54.5 Å². The van der Waals surface area contributed by atoms with Gasteiger partial charge in [-0.15, -0.1) is 11.3 Å². The van der Waals surface area contributed by atoms with Gasteiger partial charge in [-0.2, -0.15) is 0 Å². The average Bonchev–Trinajstić information content (AvgIpc) is 3.21. The highest BCUT2D eigenvalue weighted by atomic mass is 32.1. The second-order valence-corrected chi connectivity index (χ2v) is 7.47. The Balaban J connectivity index is 1.85. The van der Waals surface area contributed by atoms with E-state index in [1.807, 2.05) is 11.3 Å². The zero-order valence-electron chi connectivity index (χ0n) is 13.2. The lowest BCUT2D eigenvalue weighted by molar-refractivity contribution is 0.504. The van der Waals surface area contributed by atoms with E-state index in [4.69, 9.17) is 0 Å². The fourth-order valence-electron chi connectivity index (χ4n) is 2.88. The highest BCUT2D eigenvalue weighted by Gasteiger charge is 2.32. The third-order valence-corrected chi connectivity index (χ3v) is 5.51. The molecule has 1 aromatic heterocycles. The van der Waals surface area contributed by atoms with Crippen molar-refractivity contribution in [3.8, 4) is 10.4 Å². The van der Waals surface area contributed by atoms with Crippen LogP contribution in [0.2, 0.25) is 0 Å². The van der Waals surface area contributed by atoms with Crippen LogP contribution in [0, 0.1) is 5.92 Å². The summed E-state index contributed by atoms with van der Waals surface area (Å²) in [4.78, 5) is 2.90. The number of benzene rings is 1. The quantitative estimate of drug-likeness (QED) is 0.732. The molecule has 1 nitrogen and oxygen atoms in total. The van der Waals surface area contributed by atoms with Crippen LogP contribution in [0.4, 0.5) is 0 Å². The van der Waals surface area contributed by atoms with Crippen LogP contribution >= 0.6 is 11.3 Å². The molecule has 112 valence electrons. The van der Waals surface area contributed by atoms with Gasteiger partial charge in [-0.25, -0.2) is 0 Å². The maximum Gasteiger partial charge on any atom is 0.0443 e. The summed E-state index contributed by atoms with van der Waals surface area (Å²) in [5.74, 6) is 1.45. The molecule has 0 saturated heterocycles. The summed E-state index contributed by atoms with van der Waals surface area (Å²) in [6.07, 6.45) is 2.77. The molecule has 1 saturated carbocycles. The zero-order valence-corrected chi connectivity index (χ0v) is 14.0. The summed E-state index contributed by atoms with van der Waals surface area (Å²) in [5, 5.41) is 3.67. The molecule has 2 heteroatoms. The van der Waals surface area contributed by atoms with Crippen molar-refractivity contribution >= 4 is 11.3 Å².